The third-order valence-electron chi connectivity index (χ3n) is 3.81. The first kappa shape index (κ1) is 26.0. The molecule has 10 nitrogen and oxygen atoms in total. The Morgan fingerprint density at radius 3 is 0.906 bits per heavy atom. The molecule has 3 rings (SSSR count). The maximum atomic E-state index is 9.79. The number of carboxylic acid groups (broad SMARTS) is 4. The van der Waals surface area contributed by atoms with E-state index in [-0.39, 0.29) is 38.5 Å². The Labute approximate surface area is 183 Å². The summed E-state index contributed by atoms with van der Waals surface area (Å²) in [5.74, 6) is -3.79. The van der Waals surface area contributed by atoms with Crippen LogP contribution in [0, 0.1) is 0 Å². The van der Waals surface area contributed by atoms with Gasteiger partial charge in [-0.2, -0.15) is 0 Å². The van der Waals surface area contributed by atoms with Gasteiger partial charge >= 0.3 is 23.9 Å². The van der Waals surface area contributed by atoms with Crippen molar-refractivity contribution < 1.29 is 39.6 Å². The van der Waals surface area contributed by atoms with Gasteiger partial charge in [-0.05, 0) is 37.1 Å². The molecule has 1 aromatic heterocycles. The Kier molecular flexibility index (Phi) is 11.4. The second-order valence-electron chi connectivity index (χ2n) is 6.48. The summed E-state index contributed by atoms with van der Waals surface area (Å²) in [6.07, 6.45) is 0.173. The van der Waals surface area contributed by atoms with Crippen molar-refractivity contribution in [1.29, 1.82) is 0 Å². The maximum absolute atomic E-state index is 9.79. The molecule has 0 amide bonds. The van der Waals surface area contributed by atoms with Gasteiger partial charge in [0.05, 0.1) is 22.1 Å². The highest BCUT2D eigenvalue weighted by Crippen LogP contribution is 2.14. The Bertz CT molecular complexity index is 905. The first-order valence-corrected chi connectivity index (χ1v) is 9.67. The summed E-state index contributed by atoms with van der Waals surface area (Å²) in [4.78, 5) is 48.2. The molecule has 0 unspecified atom stereocenters. The predicted octanol–water partition coefficient (Wildman–Crippen LogP) is 3.43. The number of carboxylic acids is 4. The predicted molar refractivity (Wildman–Crippen MR) is 115 cm³/mol. The van der Waals surface area contributed by atoms with Crippen LogP contribution in [0.25, 0.3) is 22.1 Å². The third-order valence-corrected chi connectivity index (χ3v) is 3.81. The van der Waals surface area contributed by atoms with Crippen molar-refractivity contribution in [1.82, 2.24) is 9.97 Å². The van der Waals surface area contributed by atoms with Crippen molar-refractivity contribution >= 4 is 45.9 Å². The van der Waals surface area contributed by atoms with Crippen LogP contribution < -0.4 is 0 Å². The number of nitrogens with zero attached hydrogens (tertiary/aromatic N) is 2. The van der Waals surface area contributed by atoms with Crippen molar-refractivity contribution in [3.8, 4) is 0 Å². The monoisotopic (exact) mass is 444 g/mol. The van der Waals surface area contributed by atoms with E-state index in [0.29, 0.717) is 0 Å². The highest BCUT2D eigenvalue weighted by Gasteiger charge is 2.00. The summed E-state index contributed by atoms with van der Waals surface area (Å²) in [5.41, 5.74) is 3.80. The molecule has 3 aromatic rings. The zero-order valence-corrected chi connectivity index (χ0v) is 17.2. The summed E-state index contributed by atoms with van der Waals surface area (Å²) in [7, 11) is 0. The number of aromatic nitrogens is 2. The molecule has 170 valence electrons. The lowest BCUT2D eigenvalue weighted by Gasteiger charge is -1.98. The summed E-state index contributed by atoms with van der Waals surface area (Å²) >= 11 is 0. The van der Waals surface area contributed by atoms with E-state index in [1.807, 2.05) is 48.5 Å². The zero-order chi connectivity index (χ0) is 23.9. The van der Waals surface area contributed by atoms with Crippen LogP contribution in [0.5, 0.6) is 0 Å². The van der Waals surface area contributed by atoms with Gasteiger partial charge in [0.25, 0.3) is 0 Å². The average molecular weight is 444 g/mol. The van der Waals surface area contributed by atoms with Crippen LogP contribution in [0.2, 0.25) is 0 Å². The zero-order valence-electron chi connectivity index (χ0n) is 17.2. The van der Waals surface area contributed by atoms with Crippen LogP contribution in [-0.4, -0.2) is 54.3 Å². The Morgan fingerprint density at radius 1 is 0.500 bits per heavy atom. The summed E-state index contributed by atoms with van der Waals surface area (Å²) in [6.45, 7) is 0. The van der Waals surface area contributed by atoms with E-state index >= 15 is 0 Å². The SMILES string of the molecule is O=C(O)CCCC(=O)O.O=C(O)CCCC(=O)O.c1ccc2nc3ccccc3nc2c1. The normalized spacial score (nSPS) is 9.75. The second kappa shape index (κ2) is 14.0. The number of benzene rings is 2. The highest BCUT2D eigenvalue weighted by atomic mass is 16.4. The van der Waals surface area contributed by atoms with Crippen molar-refractivity contribution in [2.45, 2.75) is 38.5 Å². The van der Waals surface area contributed by atoms with Crippen molar-refractivity contribution in [3.63, 3.8) is 0 Å². The molecule has 0 saturated carbocycles. The van der Waals surface area contributed by atoms with E-state index in [1.165, 1.54) is 0 Å². The fraction of sp³-hybridized carbons (Fsp3) is 0.273. The number of aliphatic carboxylic acids is 4. The molecule has 0 aliphatic rings. The van der Waals surface area contributed by atoms with Crippen molar-refractivity contribution in [2.75, 3.05) is 0 Å². The molecule has 4 N–H and O–H groups in total. The minimum atomic E-state index is -0.948. The molecule has 0 bridgehead atoms. The van der Waals surface area contributed by atoms with Crippen LogP contribution in [0.1, 0.15) is 38.5 Å². The number of hydrogen-bond donors (Lipinski definition) is 4. The fourth-order valence-corrected chi connectivity index (χ4v) is 2.35. The van der Waals surface area contributed by atoms with Gasteiger partial charge in [-0.1, -0.05) is 24.3 Å². The van der Waals surface area contributed by atoms with Crippen LogP contribution in [0.15, 0.2) is 48.5 Å². The smallest absolute Gasteiger partial charge is 0.303 e. The highest BCUT2D eigenvalue weighted by molar-refractivity contribution is 5.85. The van der Waals surface area contributed by atoms with E-state index in [0.717, 1.165) is 22.1 Å². The third kappa shape index (κ3) is 11.2. The number of rotatable bonds is 8. The molecule has 0 spiro atoms. The van der Waals surface area contributed by atoms with Gasteiger partial charge in [0.1, 0.15) is 0 Å². The Hall–Kier alpha value is -4.08. The minimum Gasteiger partial charge on any atom is -0.481 e. The molecule has 0 atom stereocenters. The van der Waals surface area contributed by atoms with E-state index < -0.39 is 23.9 Å². The number of para-hydroxylation sites is 4. The molecular weight excluding hydrogens is 420 g/mol. The van der Waals surface area contributed by atoms with Crippen molar-refractivity contribution in [2.24, 2.45) is 0 Å². The van der Waals surface area contributed by atoms with Gasteiger partial charge < -0.3 is 20.4 Å². The fourth-order valence-electron chi connectivity index (χ4n) is 2.35. The molecule has 1 heterocycles. The molecule has 0 aliphatic carbocycles. The van der Waals surface area contributed by atoms with Gasteiger partial charge in [0.2, 0.25) is 0 Å². The molecule has 32 heavy (non-hydrogen) atoms. The summed E-state index contributed by atoms with van der Waals surface area (Å²) in [6, 6.07) is 15.8. The van der Waals surface area contributed by atoms with Gasteiger partial charge in [-0.25, -0.2) is 9.97 Å². The standard InChI is InChI=1S/C12H8N2.2C5H8O4/c1-2-6-10-9(5-1)13-11-7-3-4-8-12(11)14-10;2*6-4(7)2-1-3-5(8)9/h1-8H;2*1-3H2,(H,6,7)(H,8,9). The van der Waals surface area contributed by atoms with Gasteiger partial charge in [0, 0.05) is 25.7 Å². The van der Waals surface area contributed by atoms with Gasteiger partial charge in [-0.15, -0.1) is 0 Å². The molecule has 10 heteroatoms. The summed E-state index contributed by atoms with van der Waals surface area (Å²) < 4.78 is 0. The molecule has 0 radical (unpaired) electrons. The lowest BCUT2D eigenvalue weighted by Crippen LogP contribution is -1.98. The lowest BCUT2D eigenvalue weighted by molar-refractivity contribution is -0.140. The lowest BCUT2D eigenvalue weighted by atomic mass is 10.2. The Balaban J connectivity index is 0.000000254. The topological polar surface area (TPSA) is 175 Å². The van der Waals surface area contributed by atoms with Crippen LogP contribution in [0.4, 0.5) is 0 Å². The number of carbonyl (C=O) groups is 4. The first-order valence-electron chi connectivity index (χ1n) is 9.67. The molecule has 0 aliphatic heterocycles. The molecule has 0 fully saturated rings. The van der Waals surface area contributed by atoms with E-state index in [9.17, 15) is 19.2 Å². The quantitative estimate of drug-likeness (QED) is 0.377. The molecule has 2 aromatic carbocycles. The number of fused-ring (bicyclic) bond motifs is 2. The van der Waals surface area contributed by atoms with E-state index in [4.69, 9.17) is 20.4 Å². The van der Waals surface area contributed by atoms with Crippen LogP contribution in [0.3, 0.4) is 0 Å². The van der Waals surface area contributed by atoms with Crippen LogP contribution >= 0.6 is 0 Å². The first-order chi connectivity index (χ1) is 15.2. The average Bonchev–Trinajstić information content (AvgIpc) is 2.72. The molecule has 0 saturated heterocycles. The number of hydrogen-bond acceptors (Lipinski definition) is 6. The van der Waals surface area contributed by atoms with E-state index in [2.05, 4.69) is 9.97 Å². The van der Waals surface area contributed by atoms with E-state index in [1.54, 1.807) is 0 Å². The van der Waals surface area contributed by atoms with Gasteiger partial charge in [-0.3, -0.25) is 19.2 Å². The second-order valence-corrected chi connectivity index (χ2v) is 6.48. The summed E-state index contributed by atoms with van der Waals surface area (Å²) in [5, 5.41) is 32.1. The molecular formula is C22H24N2O8. The minimum absolute atomic E-state index is 0.0632. The largest absolute Gasteiger partial charge is 0.481 e. The maximum Gasteiger partial charge on any atom is 0.303 e. The van der Waals surface area contributed by atoms with Crippen LogP contribution in [-0.2, 0) is 19.2 Å². The Morgan fingerprint density at radius 2 is 0.719 bits per heavy atom. The van der Waals surface area contributed by atoms with Crippen molar-refractivity contribution in [3.05, 3.63) is 48.5 Å². The van der Waals surface area contributed by atoms with Gasteiger partial charge in [0.15, 0.2) is 0 Å².